The van der Waals surface area contributed by atoms with Crippen LogP contribution in [0.15, 0.2) is 36.7 Å². The molecule has 5 nitrogen and oxygen atoms in total. The Kier molecular flexibility index (Phi) is 2.95. The van der Waals surface area contributed by atoms with Gasteiger partial charge < -0.3 is 10.2 Å². The number of fused-ring (bicyclic) bond motifs is 1. The van der Waals surface area contributed by atoms with E-state index in [-0.39, 0.29) is 11.9 Å². The Balaban J connectivity index is 1.66. The van der Waals surface area contributed by atoms with Crippen molar-refractivity contribution in [2.75, 3.05) is 12.4 Å². The van der Waals surface area contributed by atoms with Crippen molar-refractivity contribution in [3.8, 4) is 0 Å². The molecule has 5 heteroatoms. The van der Waals surface area contributed by atoms with Gasteiger partial charge in [-0.3, -0.25) is 9.89 Å². The number of hydrogen-bond acceptors (Lipinski definition) is 3. The second kappa shape index (κ2) is 4.76. The minimum absolute atomic E-state index is 0.109. The fourth-order valence-electron chi connectivity index (χ4n) is 2.43. The highest BCUT2D eigenvalue weighted by atomic mass is 16.2. The van der Waals surface area contributed by atoms with E-state index in [9.17, 15) is 4.79 Å². The molecule has 19 heavy (non-hydrogen) atoms. The number of rotatable bonds is 3. The van der Waals surface area contributed by atoms with E-state index in [4.69, 9.17) is 0 Å². The number of benzene rings is 1. The number of nitrogens with one attached hydrogen (secondary N) is 2. The van der Waals surface area contributed by atoms with Gasteiger partial charge in [-0.25, -0.2) is 0 Å². The quantitative estimate of drug-likeness (QED) is 0.872. The molecular weight excluding hydrogens is 240 g/mol. The maximum atomic E-state index is 12.4. The zero-order valence-electron chi connectivity index (χ0n) is 10.8. The van der Waals surface area contributed by atoms with Crippen LogP contribution in [-0.2, 0) is 17.8 Å². The van der Waals surface area contributed by atoms with Crippen LogP contribution in [0, 0.1) is 0 Å². The fraction of sp³-hybridized carbons (Fsp3) is 0.286. The van der Waals surface area contributed by atoms with Crippen molar-refractivity contribution in [2.45, 2.75) is 19.0 Å². The second-order valence-corrected chi connectivity index (χ2v) is 4.86. The molecule has 2 N–H and O–H groups in total. The summed E-state index contributed by atoms with van der Waals surface area (Å²) in [5, 5.41) is 9.92. The normalized spacial score (nSPS) is 16.8. The summed E-state index contributed by atoms with van der Waals surface area (Å²) in [6, 6.07) is 7.90. The van der Waals surface area contributed by atoms with Gasteiger partial charge in [0.15, 0.2) is 0 Å². The van der Waals surface area contributed by atoms with Crippen molar-refractivity contribution >= 4 is 11.6 Å². The van der Waals surface area contributed by atoms with Crippen molar-refractivity contribution < 1.29 is 4.79 Å². The Morgan fingerprint density at radius 3 is 3.05 bits per heavy atom. The molecule has 0 bridgehead atoms. The lowest BCUT2D eigenvalue weighted by Gasteiger charge is -2.20. The molecule has 1 aromatic carbocycles. The van der Waals surface area contributed by atoms with E-state index in [2.05, 4.69) is 21.6 Å². The summed E-state index contributed by atoms with van der Waals surface area (Å²) in [7, 11) is 1.82. The van der Waals surface area contributed by atoms with Crippen LogP contribution in [0.1, 0.15) is 11.1 Å². The van der Waals surface area contributed by atoms with Crippen molar-refractivity contribution in [3.63, 3.8) is 0 Å². The Bertz CT molecular complexity index is 554. The SMILES string of the molecule is CN(Cc1cn[nH]c1)C(=O)C1Cc2ccccc2N1. The Hall–Kier alpha value is -2.30. The second-order valence-electron chi connectivity index (χ2n) is 4.86. The maximum Gasteiger partial charge on any atom is 0.245 e. The van der Waals surface area contributed by atoms with Gasteiger partial charge in [0.2, 0.25) is 5.91 Å². The molecule has 0 saturated carbocycles. The highest BCUT2D eigenvalue weighted by Crippen LogP contribution is 2.26. The molecule has 1 aromatic heterocycles. The first-order valence-electron chi connectivity index (χ1n) is 6.31. The smallest absolute Gasteiger partial charge is 0.245 e. The van der Waals surface area contributed by atoms with Crippen molar-refractivity contribution in [2.24, 2.45) is 0 Å². The van der Waals surface area contributed by atoms with Gasteiger partial charge in [-0.2, -0.15) is 5.10 Å². The lowest BCUT2D eigenvalue weighted by Crippen LogP contribution is -2.39. The molecule has 0 saturated heterocycles. The van der Waals surface area contributed by atoms with E-state index in [1.807, 2.05) is 25.2 Å². The monoisotopic (exact) mass is 256 g/mol. The van der Waals surface area contributed by atoms with Gasteiger partial charge in [-0.1, -0.05) is 18.2 Å². The van der Waals surface area contributed by atoms with Crippen LogP contribution < -0.4 is 5.32 Å². The third-order valence-corrected chi connectivity index (χ3v) is 3.42. The number of aromatic amines is 1. The molecule has 2 aromatic rings. The Morgan fingerprint density at radius 2 is 2.32 bits per heavy atom. The predicted octanol–water partition coefficient (Wildman–Crippen LogP) is 1.40. The van der Waals surface area contributed by atoms with Gasteiger partial charge in [0.1, 0.15) is 6.04 Å². The molecule has 0 spiro atoms. The molecule has 1 aliphatic rings. The summed E-state index contributed by atoms with van der Waals surface area (Å²) >= 11 is 0. The van der Waals surface area contributed by atoms with E-state index in [1.165, 1.54) is 5.56 Å². The average Bonchev–Trinajstić information content (AvgIpc) is 3.05. The molecule has 2 heterocycles. The van der Waals surface area contributed by atoms with Crippen LogP contribution in [0.3, 0.4) is 0 Å². The van der Waals surface area contributed by atoms with Crippen LogP contribution in [0.4, 0.5) is 5.69 Å². The number of carbonyl (C=O) groups is 1. The number of likely N-dealkylation sites (N-methyl/N-ethyl adjacent to an activating group) is 1. The van der Waals surface area contributed by atoms with Gasteiger partial charge in [0, 0.05) is 37.5 Å². The number of aromatic nitrogens is 2. The third kappa shape index (κ3) is 2.31. The average molecular weight is 256 g/mol. The first-order valence-corrected chi connectivity index (χ1v) is 6.31. The molecule has 3 rings (SSSR count). The zero-order valence-corrected chi connectivity index (χ0v) is 10.8. The number of H-pyrrole nitrogens is 1. The van der Waals surface area contributed by atoms with Gasteiger partial charge in [0.25, 0.3) is 0 Å². The van der Waals surface area contributed by atoms with Crippen LogP contribution in [-0.4, -0.2) is 34.1 Å². The summed E-state index contributed by atoms with van der Waals surface area (Å²) in [6.45, 7) is 0.573. The third-order valence-electron chi connectivity index (χ3n) is 3.42. The van der Waals surface area contributed by atoms with E-state index in [1.54, 1.807) is 17.3 Å². The van der Waals surface area contributed by atoms with Crippen LogP contribution in [0.25, 0.3) is 0 Å². The number of anilines is 1. The van der Waals surface area contributed by atoms with Crippen LogP contribution in [0.2, 0.25) is 0 Å². The summed E-state index contributed by atoms with van der Waals surface area (Å²) in [6.07, 6.45) is 4.30. The highest BCUT2D eigenvalue weighted by molar-refractivity contribution is 5.87. The van der Waals surface area contributed by atoms with Gasteiger partial charge in [0.05, 0.1) is 6.20 Å². The van der Waals surface area contributed by atoms with Crippen molar-refractivity contribution in [1.29, 1.82) is 0 Å². The Labute approximate surface area is 111 Å². The standard InChI is InChI=1S/C14H16N4O/c1-18(9-10-7-15-16-8-10)14(19)13-6-11-4-2-3-5-12(11)17-13/h2-5,7-8,13,17H,6,9H2,1H3,(H,15,16). The Morgan fingerprint density at radius 1 is 1.47 bits per heavy atom. The summed E-state index contributed by atoms with van der Waals surface area (Å²) in [5.74, 6) is 0.109. The van der Waals surface area contributed by atoms with Gasteiger partial charge in [-0.05, 0) is 11.6 Å². The molecule has 98 valence electrons. The van der Waals surface area contributed by atoms with Crippen molar-refractivity contribution in [3.05, 3.63) is 47.8 Å². The lowest BCUT2D eigenvalue weighted by atomic mass is 10.1. The first-order chi connectivity index (χ1) is 9.24. The largest absolute Gasteiger partial charge is 0.373 e. The highest BCUT2D eigenvalue weighted by Gasteiger charge is 2.28. The minimum atomic E-state index is -0.158. The molecule has 0 radical (unpaired) electrons. The summed E-state index contributed by atoms with van der Waals surface area (Å²) in [4.78, 5) is 14.1. The zero-order chi connectivity index (χ0) is 13.2. The molecule has 0 aliphatic carbocycles. The van der Waals surface area contributed by atoms with Crippen LogP contribution >= 0.6 is 0 Å². The summed E-state index contributed by atoms with van der Waals surface area (Å²) < 4.78 is 0. The number of nitrogens with zero attached hydrogens (tertiary/aromatic N) is 2. The molecule has 1 atom stereocenters. The summed E-state index contributed by atoms with van der Waals surface area (Å²) in [5.41, 5.74) is 3.28. The number of amides is 1. The number of carbonyl (C=O) groups excluding carboxylic acids is 1. The lowest BCUT2D eigenvalue weighted by molar-refractivity contribution is -0.131. The molecule has 0 fully saturated rings. The molecular formula is C14H16N4O. The molecule has 1 unspecified atom stereocenters. The van der Waals surface area contributed by atoms with E-state index in [0.29, 0.717) is 6.54 Å². The number of para-hydroxylation sites is 1. The maximum absolute atomic E-state index is 12.4. The molecule has 1 aliphatic heterocycles. The fourth-order valence-corrected chi connectivity index (χ4v) is 2.43. The van der Waals surface area contributed by atoms with Crippen molar-refractivity contribution in [1.82, 2.24) is 15.1 Å². The van der Waals surface area contributed by atoms with Gasteiger partial charge >= 0.3 is 0 Å². The van der Waals surface area contributed by atoms with Crippen LogP contribution in [0.5, 0.6) is 0 Å². The first kappa shape index (κ1) is 11.8. The van der Waals surface area contributed by atoms with E-state index >= 15 is 0 Å². The molecule has 1 amide bonds. The van der Waals surface area contributed by atoms with E-state index < -0.39 is 0 Å². The predicted molar refractivity (Wildman–Crippen MR) is 72.6 cm³/mol. The number of hydrogen-bond donors (Lipinski definition) is 2. The minimum Gasteiger partial charge on any atom is -0.373 e. The topological polar surface area (TPSA) is 61.0 Å². The van der Waals surface area contributed by atoms with Gasteiger partial charge in [-0.15, -0.1) is 0 Å². The van der Waals surface area contributed by atoms with E-state index in [0.717, 1.165) is 17.7 Å².